The number of ether oxygens (including phenoxy) is 1. The number of para-hydroxylation sites is 1. The van der Waals surface area contributed by atoms with Crippen molar-refractivity contribution in [3.63, 3.8) is 0 Å². The fraction of sp³-hybridized carbons (Fsp3) is 0.250. The molecule has 1 aromatic carbocycles. The van der Waals surface area contributed by atoms with E-state index in [1.807, 2.05) is 12.1 Å². The molecular formula is C16H17N3O2. The van der Waals surface area contributed by atoms with Gasteiger partial charge in [0.25, 0.3) is 0 Å². The van der Waals surface area contributed by atoms with Gasteiger partial charge in [0.1, 0.15) is 5.82 Å². The van der Waals surface area contributed by atoms with Crippen molar-refractivity contribution < 1.29 is 9.53 Å². The normalized spacial score (nSPS) is 12.9. The lowest BCUT2D eigenvalue weighted by molar-refractivity contribution is 0.168. The molecule has 1 N–H and O–H groups in total. The highest BCUT2D eigenvalue weighted by molar-refractivity contribution is 5.83. The number of carbonyl (C=O) groups is 1. The zero-order valence-electron chi connectivity index (χ0n) is 11.9. The number of nitrogens with zero attached hydrogens (tertiary/aromatic N) is 2. The average Bonchev–Trinajstić information content (AvgIpc) is 2.92. The molecule has 1 aromatic heterocycles. The SMILES string of the molecule is CCOC(=O)Nc1ccc(N2CCc3ccccc32)cn1. The van der Waals surface area contributed by atoms with Crippen LogP contribution in [0.15, 0.2) is 42.6 Å². The predicted molar refractivity (Wildman–Crippen MR) is 82.0 cm³/mol. The van der Waals surface area contributed by atoms with Gasteiger partial charge in [-0.2, -0.15) is 0 Å². The summed E-state index contributed by atoms with van der Waals surface area (Å²) in [4.78, 5) is 17.8. The van der Waals surface area contributed by atoms with Crippen LogP contribution in [0.5, 0.6) is 0 Å². The van der Waals surface area contributed by atoms with Crippen LogP contribution in [0.25, 0.3) is 0 Å². The Morgan fingerprint density at radius 2 is 2.19 bits per heavy atom. The number of anilines is 3. The summed E-state index contributed by atoms with van der Waals surface area (Å²) in [5.41, 5.74) is 3.60. The molecule has 0 saturated heterocycles. The lowest BCUT2D eigenvalue weighted by atomic mass is 10.2. The molecule has 21 heavy (non-hydrogen) atoms. The number of amides is 1. The second-order valence-corrected chi connectivity index (χ2v) is 4.78. The Kier molecular flexibility index (Phi) is 3.73. The van der Waals surface area contributed by atoms with Gasteiger partial charge >= 0.3 is 6.09 Å². The molecule has 0 aliphatic carbocycles. The van der Waals surface area contributed by atoms with Gasteiger partial charge in [0.05, 0.1) is 18.5 Å². The second kappa shape index (κ2) is 5.83. The summed E-state index contributed by atoms with van der Waals surface area (Å²) in [5, 5.41) is 2.59. The van der Waals surface area contributed by atoms with Crippen LogP contribution >= 0.6 is 0 Å². The van der Waals surface area contributed by atoms with Gasteiger partial charge in [-0.15, -0.1) is 0 Å². The van der Waals surface area contributed by atoms with E-state index in [0.717, 1.165) is 18.7 Å². The van der Waals surface area contributed by atoms with Gasteiger partial charge in [0, 0.05) is 12.2 Å². The van der Waals surface area contributed by atoms with Crippen LogP contribution in [-0.2, 0) is 11.2 Å². The van der Waals surface area contributed by atoms with Crippen LogP contribution in [0.2, 0.25) is 0 Å². The molecule has 0 saturated carbocycles. The Morgan fingerprint density at radius 3 is 2.95 bits per heavy atom. The van der Waals surface area contributed by atoms with Gasteiger partial charge in [-0.25, -0.2) is 9.78 Å². The molecule has 0 unspecified atom stereocenters. The third-order valence-corrected chi connectivity index (χ3v) is 3.45. The number of rotatable bonds is 3. The van der Waals surface area contributed by atoms with E-state index in [0.29, 0.717) is 12.4 Å². The Hall–Kier alpha value is -2.56. The van der Waals surface area contributed by atoms with E-state index in [4.69, 9.17) is 4.74 Å². The van der Waals surface area contributed by atoms with Crippen molar-refractivity contribution in [2.75, 3.05) is 23.4 Å². The minimum absolute atomic E-state index is 0.342. The Morgan fingerprint density at radius 1 is 1.33 bits per heavy atom. The van der Waals surface area contributed by atoms with Gasteiger partial charge in [0.2, 0.25) is 0 Å². The van der Waals surface area contributed by atoms with Crippen LogP contribution in [0, 0.1) is 0 Å². The van der Waals surface area contributed by atoms with Crippen LogP contribution in [0.3, 0.4) is 0 Å². The number of pyridine rings is 1. The standard InChI is InChI=1S/C16H17N3O2/c1-2-21-16(20)18-15-8-7-13(11-17-15)19-10-9-12-5-3-4-6-14(12)19/h3-8,11H,2,9-10H2,1H3,(H,17,18,20). The lowest BCUT2D eigenvalue weighted by Crippen LogP contribution is -2.16. The smallest absolute Gasteiger partial charge is 0.412 e. The van der Waals surface area contributed by atoms with Crippen molar-refractivity contribution >= 4 is 23.3 Å². The largest absolute Gasteiger partial charge is 0.450 e. The molecule has 0 bridgehead atoms. The Balaban J connectivity index is 1.75. The van der Waals surface area contributed by atoms with Crippen LogP contribution in [0.4, 0.5) is 22.0 Å². The van der Waals surface area contributed by atoms with E-state index >= 15 is 0 Å². The van der Waals surface area contributed by atoms with Crippen molar-refractivity contribution in [2.24, 2.45) is 0 Å². The highest BCUT2D eigenvalue weighted by atomic mass is 16.5. The van der Waals surface area contributed by atoms with Gasteiger partial charge in [-0.05, 0) is 37.1 Å². The van der Waals surface area contributed by atoms with Gasteiger partial charge in [-0.3, -0.25) is 5.32 Å². The maximum absolute atomic E-state index is 11.3. The van der Waals surface area contributed by atoms with Crippen molar-refractivity contribution in [1.82, 2.24) is 4.98 Å². The van der Waals surface area contributed by atoms with E-state index in [9.17, 15) is 4.79 Å². The first kappa shape index (κ1) is 13.4. The maximum Gasteiger partial charge on any atom is 0.412 e. The van der Waals surface area contributed by atoms with Crippen LogP contribution in [-0.4, -0.2) is 24.2 Å². The van der Waals surface area contributed by atoms with E-state index in [2.05, 4.69) is 33.4 Å². The first-order valence-electron chi connectivity index (χ1n) is 7.03. The number of nitrogens with one attached hydrogen (secondary N) is 1. The Bertz CT molecular complexity index is 640. The molecule has 1 amide bonds. The van der Waals surface area contributed by atoms with Crippen LogP contribution in [0.1, 0.15) is 12.5 Å². The van der Waals surface area contributed by atoms with Gasteiger partial charge in [0.15, 0.2) is 0 Å². The second-order valence-electron chi connectivity index (χ2n) is 4.78. The molecule has 3 rings (SSSR count). The summed E-state index contributed by atoms with van der Waals surface area (Å²) in [6.07, 6.45) is 2.33. The number of aromatic nitrogens is 1. The topological polar surface area (TPSA) is 54.5 Å². The van der Waals surface area contributed by atoms with Crippen molar-refractivity contribution in [3.8, 4) is 0 Å². The zero-order valence-corrected chi connectivity index (χ0v) is 11.9. The molecule has 0 spiro atoms. The summed E-state index contributed by atoms with van der Waals surface area (Å²) < 4.78 is 4.82. The van der Waals surface area contributed by atoms with E-state index in [-0.39, 0.29) is 0 Å². The molecule has 0 atom stereocenters. The van der Waals surface area contributed by atoms with Gasteiger partial charge < -0.3 is 9.64 Å². The molecule has 1 aliphatic rings. The van der Waals surface area contributed by atoms with E-state index in [1.165, 1.54) is 11.3 Å². The molecule has 5 heteroatoms. The molecule has 2 aromatic rings. The highest BCUT2D eigenvalue weighted by Gasteiger charge is 2.19. The number of benzene rings is 1. The summed E-state index contributed by atoms with van der Waals surface area (Å²) in [7, 11) is 0. The number of fused-ring (bicyclic) bond motifs is 1. The predicted octanol–water partition coefficient (Wildman–Crippen LogP) is 3.34. The first-order chi connectivity index (χ1) is 10.3. The fourth-order valence-corrected chi connectivity index (χ4v) is 2.50. The molecule has 1 aliphatic heterocycles. The van der Waals surface area contributed by atoms with Crippen molar-refractivity contribution in [2.45, 2.75) is 13.3 Å². The summed E-state index contributed by atoms with van der Waals surface area (Å²) in [5.74, 6) is 0.490. The maximum atomic E-state index is 11.3. The molecule has 5 nitrogen and oxygen atoms in total. The number of hydrogen-bond donors (Lipinski definition) is 1. The third kappa shape index (κ3) is 2.81. The summed E-state index contributed by atoms with van der Waals surface area (Å²) >= 11 is 0. The monoisotopic (exact) mass is 283 g/mol. The molecule has 0 fully saturated rings. The van der Waals surface area contributed by atoms with E-state index < -0.39 is 6.09 Å². The average molecular weight is 283 g/mol. The highest BCUT2D eigenvalue weighted by Crippen LogP contribution is 2.33. The van der Waals surface area contributed by atoms with E-state index in [1.54, 1.807) is 19.2 Å². The zero-order chi connectivity index (χ0) is 14.7. The molecule has 2 heterocycles. The molecule has 0 radical (unpaired) electrons. The van der Waals surface area contributed by atoms with Gasteiger partial charge in [-0.1, -0.05) is 18.2 Å². The van der Waals surface area contributed by atoms with Crippen molar-refractivity contribution in [1.29, 1.82) is 0 Å². The first-order valence-corrected chi connectivity index (χ1v) is 7.03. The number of carbonyl (C=O) groups excluding carboxylic acids is 1. The van der Waals surface area contributed by atoms with Crippen LogP contribution < -0.4 is 10.2 Å². The number of hydrogen-bond acceptors (Lipinski definition) is 4. The minimum Gasteiger partial charge on any atom is -0.450 e. The molecular weight excluding hydrogens is 266 g/mol. The summed E-state index contributed by atoms with van der Waals surface area (Å²) in [6, 6.07) is 12.1. The Labute approximate surface area is 123 Å². The summed E-state index contributed by atoms with van der Waals surface area (Å²) in [6.45, 7) is 3.06. The fourth-order valence-electron chi connectivity index (χ4n) is 2.50. The quantitative estimate of drug-likeness (QED) is 0.938. The third-order valence-electron chi connectivity index (χ3n) is 3.45. The minimum atomic E-state index is -0.482. The molecule has 108 valence electrons. The lowest BCUT2D eigenvalue weighted by Gasteiger charge is -2.19. The van der Waals surface area contributed by atoms with Crippen molar-refractivity contribution in [3.05, 3.63) is 48.2 Å².